The maximum Gasteiger partial charge on any atom is 0.335 e. The molecule has 5 heteroatoms. The summed E-state index contributed by atoms with van der Waals surface area (Å²) in [5.41, 5.74) is 9.80. The van der Waals surface area contributed by atoms with Gasteiger partial charge in [0.1, 0.15) is 0 Å². The zero-order valence-corrected chi connectivity index (χ0v) is 8.64. The van der Waals surface area contributed by atoms with Crippen LogP contribution in [-0.2, 0) is 0 Å². The second kappa shape index (κ2) is 5.44. The molecule has 0 aliphatic carbocycles. The summed E-state index contributed by atoms with van der Waals surface area (Å²) < 4.78 is 0. The van der Waals surface area contributed by atoms with Crippen LogP contribution in [0.5, 0.6) is 0 Å². The Morgan fingerprint density at radius 3 is 2.94 bits per heavy atom. The number of hydrogen-bond acceptors (Lipinski definition) is 2. The number of carboxylic acids is 1. The highest BCUT2D eigenvalue weighted by Crippen LogP contribution is 2.09. The van der Waals surface area contributed by atoms with Crippen LogP contribution in [0, 0.1) is 18.8 Å². The first kappa shape index (κ1) is 11.6. The number of aryl methyl sites for hydroxylation is 1. The lowest BCUT2D eigenvalue weighted by Gasteiger charge is -1.99. The van der Waals surface area contributed by atoms with Crippen molar-refractivity contribution in [2.75, 3.05) is 6.54 Å². The van der Waals surface area contributed by atoms with E-state index in [1.54, 1.807) is 19.1 Å². The number of benzene rings is 1. The molecule has 0 aliphatic heterocycles. The van der Waals surface area contributed by atoms with Crippen molar-refractivity contribution in [2.45, 2.75) is 6.92 Å². The number of azide groups is 1. The topological polar surface area (TPSA) is 86.1 Å². The quantitative estimate of drug-likeness (QED) is 0.355. The lowest BCUT2D eigenvalue weighted by molar-refractivity contribution is 0.0697. The Bertz CT molecular complexity index is 520. The Morgan fingerprint density at radius 2 is 2.38 bits per heavy atom. The van der Waals surface area contributed by atoms with Crippen LogP contribution in [0.3, 0.4) is 0 Å². The van der Waals surface area contributed by atoms with Gasteiger partial charge < -0.3 is 5.11 Å². The van der Waals surface area contributed by atoms with E-state index in [4.69, 9.17) is 10.6 Å². The number of carboxylic acid groups (broad SMARTS) is 1. The summed E-state index contributed by atoms with van der Waals surface area (Å²) in [4.78, 5) is 13.2. The number of aromatic carboxylic acids is 1. The molecule has 0 amide bonds. The first-order chi connectivity index (χ1) is 7.65. The van der Waals surface area contributed by atoms with Gasteiger partial charge in [-0.1, -0.05) is 17.0 Å². The molecule has 0 heterocycles. The molecule has 1 N–H and O–H groups in total. The molecule has 0 aliphatic rings. The maximum atomic E-state index is 10.7. The van der Waals surface area contributed by atoms with Crippen LogP contribution in [-0.4, -0.2) is 17.6 Å². The van der Waals surface area contributed by atoms with Gasteiger partial charge in [0.15, 0.2) is 0 Å². The predicted octanol–water partition coefficient (Wildman–Crippen LogP) is 2.36. The highest BCUT2D eigenvalue weighted by atomic mass is 16.4. The molecule has 0 saturated carbocycles. The van der Waals surface area contributed by atoms with Gasteiger partial charge >= 0.3 is 5.97 Å². The van der Waals surface area contributed by atoms with Gasteiger partial charge in [-0.25, -0.2) is 4.79 Å². The van der Waals surface area contributed by atoms with E-state index in [0.29, 0.717) is 0 Å². The second-order valence-electron chi connectivity index (χ2n) is 3.03. The first-order valence-electron chi connectivity index (χ1n) is 4.49. The largest absolute Gasteiger partial charge is 0.478 e. The molecular formula is C11H9N3O2. The summed E-state index contributed by atoms with van der Waals surface area (Å²) >= 11 is 0. The fourth-order valence-corrected chi connectivity index (χ4v) is 1.14. The van der Waals surface area contributed by atoms with Gasteiger partial charge in [0, 0.05) is 10.5 Å². The highest BCUT2D eigenvalue weighted by molar-refractivity contribution is 5.88. The number of carbonyl (C=O) groups is 1. The molecule has 0 bridgehead atoms. The summed E-state index contributed by atoms with van der Waals surface area (Å²) in [7, 11) is 0. The zero-order valence-electron chi connectivity index (χ0n) is 8.64. The van der Waals surface area contributed by atoms with Crippen molar-refractivity contribution in [1.82, 2.24) is 0 Å². The summed E-state index contributed by atoms with van der Waals surface area (Å²) in [5, 5.41) is 12.0. The standard InChI is InChI=1S/C11H9N3O2/c1-8-7-10(11(15)16)5-4-9(8)3-2-6-13-14-12/h4-5,7H,6H2,1H3,(H,15,16). The van der Waals surface area contributed by atoms with Crippen LogP contribution in [0.1, 0.15) is 21.5 Å². The number of hydrogen-bond donors (Lipinski definition) is 1. The summed E-state index contributed by atoms with van der Waals surface area (Å²) in [5.74, 6) is 4.52. The van der Waals surface area contributed by atoms with Crippen molar-refractivity contribution < 1.29 is 9.90 Å². The highest BCUT2D eigenvalue weighted by Gasteiger charge is 2.03. The normalized spacial score (nSPS) is 8.56. The molecule has 1 rings (SSSR count). The second-order valence-corrected chi connectivity index (χ2v) is 3.03. The molecule has 0 fully saturated rings. The molecule has 5 nitrogen and oxygen atoms in total. The van der Waals surface area contributed by atoms with Gasteiger partial charge in [-0.15, -0.1) is 0 Å². The minimum absolute atomic E-state index is 0.108. The summed E-state index contributed by atoms with van der Waals surface area (Å²) in [6, 6.07) is 4.69. The number of rotatable bonds is 2. The van der Waals surface area contributed by atoms with Gasteiger partial charge in [-0.05, 0) is 36.2 Å². The summed E-state index contributed by atoms with van der Waals surface area (Å²) in [6.45, 7) is 1.89. The number of nitrogens with zero attached hydrogens (tertiary/aromatic N) is 3. The zero-order chi connectivity index (χ0) is 12.0. The predicted molar refractivity (Wildman–Crippen MR) is 59.0 cm³/mol. The third kappa shape index (κ3) is 3.05. The fourth-order valence-electron chi connectivity index (χ4n) is 1.14. The summed E-state index contributed by atoms with van der Waals surface area (Å²) in [6.07, 6.45) is 0. The van der Waals surface area contributed by atoms with E-state index >= 15 is 0 Å². The molecule has 80 valence electrons. The van der Waals surface area contributed by atoms with Gasteiger partial charge in [0.05, 0.1) is 12.1 Å². The van der Waals surface area contributed by atoms with E-state index in [2.05, 4.69) is 21.9 Å². The molecule has 0 radical (unpaired) electrons. The Morgan fingerprint density at radius 1 is 1.62 bits per heavy atom. The first-order valence-corrected chi connectivity index (χ1v) is 4.49. The molecule has 0 spiro atoms. The molecule has 0 unspecified atom stereocenters. The van der Waals surface area contributed by atoms with Crippen molar-refractivity contribution in [3.63, 3.8) is 0 Å². The van der Waals surface area contributed by atoms with Crippen molar-refractivity contribution in [2.24, 2.45) is 5.11 Å². The van der Waals surface area contributed by atoms with Crippen LogP contribution >= 0.6 is 0 Å². The van der Waals surface area contributed by atoms with E-state index in [1.165, 1.54) is 6.07 Å². The van der Waals surface area contributed by atoms with Crippen molar-refractivity contribution in [1.29, 1.82) is 0 Å². The van der Waals surface area contributed by atoms with E-state index in [1.807, 2.05) is 0 Å². The van der Waals surface area contributed by atoms with Gasteiger partial charge in [-0.3, -0.25) is 0 Å². The molecular weight excluding hydrogens is 206 g/mol. The molecule has 0 aromatic heterocycles. The van der Waals surface area contributed by atoms with Gasteiger partial charge in [0.25, 0.3) is 0 Å². The Balaban J connectivity index is 2.93. The smallest absolute Gasteiger partial charge is 0.335 e. The Kier molecular flexibility index (Phi) is 3.96. The maximum absolute atomic E-state index is 10.7. The molecule has 0 atom stereocenters. The lowest BCUT2D eigenvalue weighted by Crippen LogP contribution is -1.97. The van der Waals surface area contributed by atoms with Gasteiger partial charge in [-0.2, -0.15) is 0 Å². The van der Waals surface area contributed by atoms with Crippen LogP contribution < -0.4 is 0 Å². The monoisotopic (exact) mass is 215 g/mol. The van der Waals surface area contributed by atoms with Crippen LogP contribution in [0.25, 0.3) is 10.4 Å². The Labute approximate surface area is 92.3 Å². The van der Waals surface area contributed by atoms with E-state index in [9.17, 15) is 4.79 Å². The molecule has 1 aromatic rings. The van der Waals surface area contributed by atoms with E-state index in [0.717, 1.165) is 11.1 Å². The van der Waals surface area contributed by atoms with E-state index in [-0.39, 0.29) is 12.1 Å². The average Bonchev–Trinajstić information content (AvgIpc) is 2.26. The average molecular weight is 215 g/mol. The van der Waals surface area contributed by atoms with Crippen molar-refractivity contribution >= 4 is 5.97 Å². The minimum Gasteiger partial charge on any atom is -0.478 e. The minimum atomic E-state index is -0.961. The third-order valence-corrected chi connectivity index (χ3v) is 1.91. The molecule has 0 saturated heterocycles. The van der Waals surface area contributed by atoms with Crippen molar-refractivity contribution in [3.8, 4) is 11.8 Å². The Hall–Kier alpha value is -2.44. The fraction of sp³-hybridized carbons (Fsp3) is 0.182. The van der Waals surface area contributed by atoms with Crippen LogP contribution in [0.4, 0.5) is 0 Å². The molecule has 1 aromatic carbocycles. The van der Waals surface area contributed by atoms with Crippen LogP contribution in [0.15, 0.2) is 23.3 Å². The van der Waals surface area contributed by atoms with Gasteiger partial charge in [0.2, 0.25) is 0 Å². The molecule has 16 heavy (non-hydrogen) atoms. The SMILES string of the molecule is Cc1cc(C(=O)O)ccc1C#CCN=[N+]=[N-]. The lowest BCUT2D eigenvalue weighted by atomic mass is 10.1. The van der Waals surface area contributed by atoms with Crippen molar-refractivity contribution in [3.05, 3.63) is 45.3 Å². The third-order valence-electron chi connectivity index (χ3n) is 1.91. The van der Waals surface area contributed by atoms with E-state index < -0.39 is 5.97 Å². The van der Waals surface area contributed by atoms with Crippen LogP contribution in [0.2, 0.25) is 0 Å².